The van der Waals surface area contributed by atoms with Gasteiger partial charge in [0.2, 0.25) is 0 Å². The van der Waals surface area contributed by atoms with E-state index in [-0.39, 0.29) is 28.8 Å². The summed E-state index contributed by atoms with van der Waals surface area (Å²) in [7, 11) is 0. The third-order valence-corrected chi connectivity index (χ3v) is 22.5. The van der Waals surface area contributed by atoms with E-state index in [4.69, 9.17) is 56.8 Å². The molecule has 11 rings (SSSR count). The lowest BCUT2D eigenvalue weighted by Crippen LogP contribution is -2.69. The first-order chi connectivity index (χ1) is 40.9. The predicted molar refractivity (Wildman–Crippen MR) is 282 cm³/mol. The van der Waals surface area contributed by atoms with Crippen LogP contribution in [0.15, 0.2) is 0 Å². The van der Waals surface area contributed by atoms with E-state index < -0.39 is 205 Å². The van der Waals surface area contributed by atoms with Gasteiger partial charge in [-0.3, -0.25) is 0 Å². The molecule has 86 heavy (non-hydrogen) atoms. The van der Waals surface area contributed by atoms with Crippen LogP contribution in [0.2, 0.25) is 0 Å². The largest absolute Gasteiger partial charge is 0.394 e. The van der Waals surface area contributed by atoms with Crippen molar-refractivity contribution in [3.8, 4) is 0 Å². The lowest BCUT2D eigenvalue weighted by atomic mass is 9.44. The average Bonchev–Trinajstić information content (AvgIpc) is 1.49. The van der Waals surface area contributed by atoms with E-state index in [1.165, 1.54) is 0 Å². The van der Waals surface area contributed by atoms with Crippen molar-refractivity contribution in [2.75, 3.05) is 39.6 Å². The summed E-state index contributed by atoms with van der Waals surface area (Å²) in [4.78, 5) is 0. The molecule has 0 bridgehead atoms. The summed E-state index contributed by atoms with van der Waals surface area (Å²) in [5.74, 6) is 2.05. The van der Waals surface area contributed by atoms with Crippen molar-refractivity contribution in [2.45, 2.75) is 263 Å². The summed E-state index contributed by atoms with van der Waals surface area (Å²) < 4.78 is 73.1. The predicted octanol–water partition coefficient (Wildman–Crippen LogP) is -6.11. The van der Waals surface area contributed by atoms with Crippen LogP contribution in [-0.2, 0) is 56.8 Å². The molecular formula is C57H94O29. The van der Waals surface area contributed by atoms with Gasteiger partial charge >= 0.3 is 0 Å². The molecule has 7 heterocycles. The molecule has 7 aliphatic heterocycles. The summed E-state index contributed by atoms with van der Waals surface area (Å²) in [5, 5.41) is 187. The second-order valence-corrected chi connectivity index (χ2v) is 27.3. The Labute approximate surface area is 497 Å². The first-order valence-corrected chi connectivity index (χ1v) is 30.9. The smallest absolute Gasteiger partial charge is 0.187 e. The molecule has 496 valence electrons. The Hall–Kier alpha value is -1.16. The highest BCUT2D eigenvalue weighted by molar-refractivity contribution is 5.16. The molecule has 29 nitrogen and oxygen atoms in total. The number of rotatable bonds is 15. The molecule has 0 aromatic rings. The molecule has 4 saturated carbocycles. The number of aliphatic hydroxyl groups excluding tert-OH is 17. The maximum absolute atomic E-state index is 12.1. The van der Waals surface area contributed by atoms with Gasteiger partial charge in [0, 0.05) is 12.3 Å². The summed E-state index contributed by atoms with van der Waals surface area (Å²) in [6, 6.07) is 0. The molecule has 17 N–H and O–H groups in total. The molecule has 38 atom stereocenters. The van der Waals surface area contributed by atoms with Gasteiger partial charge in [-0.1, -0.05) is 27.7 Å². The zero-order valence-electron chi connectivity index (χ0n) is 48.8. The Kier molecular flexibility index (Phi) is 20.0. The molecule has 7 saturated heterocycles. The van der Waals surface area contributed by atoms with Crippen molar-refractivity contribution < 1.29 is 144 Å². The minimum Gasteiger partial charge on any atom is -0.394 e. The summed E-state index contributed by atoms with van der Waals surface area (Å²) in [6.07, 6.45) is -42.1. The zero-order valence-corrected chi connectivity index (χ0v) is 48.8. The van der Waals surface area contributed by atoms with Gasteiger partial charge in [-0.25, -0.2) is 0 Å². The highest BCUT2D eigenvalue weighted by Crippen LogP contribution is 2.71. The minimum absolute atomic E-state index is 0.0937. The molecule has 0 aromatic carbocycles. The topological polar surface area (TPSA) is 455 Å². The monoisotopic (exact) mass is 1240 g/mol. The van der Waals surface area contributed by atoms with E-state index in [0.717, 1.165) is 44.9 Å². The van der Waals surface area contributed by atoms with Crippen LogP contribution in [-0.4, -0.2) is 304 Å². The Morgan fingerprint density at radius 3 is 1.51 bits per heavy atom. The van der Waals surface area contributed by atoms with Gasteiger partial charge < -0.3 is 144 Å². The van der Waals surface area contributed by atoms with Crippen molar-refractivity contribution >= 4 is 0 Å². The Balaban J connectivity index is 0.794. The van der Waals surface area contributed by atoms with Crippen LogP contribution in [0.3, 0.4) is 0 Å². The molecule has 1 spiro atoms. The van der Waals surface area contributed by atoms with Gasteiger partial charge in [0.15, 0.2) is 37.2 Å². The van der Waals surface area contributed by atoms with Crippen LogP contribution < -0.4 is 0 Å². The van der Waals surface area contributed by atoms with Crippen LogP contribution in [0.4, 0.5) is 0 Å². The Morgan fingerprint density at radius 1 is 0.430 bits per heavy atom. The van der Waals surface area contributed by atoms with Crippen LogP contribution in [0.5, 0.6) is 0 Å². The quantitative estimate of drug-likeness (QED) is 0.0679. The number of fused-ring (bicyclic) bond motifs is 7. The third kappa shape index (κ3) is 11.5. The molecule has 11 fully saturated rings. The van der Waals surface area contributed by atoms with Crippen LogP contribution >= 0.6 is 0 Å². The van der Waals surface area contributed by atoms with E-state index in [1.54, 1.807) is 0 Å². The van der Waals surface area contributed by atoms with Gasteiger partial charge in [0.05, 0.1) is 58.0 Å². The van der Waals surface area contributed by atoms with E-state index in [1.807, 2.05) is 0 Å². The summed E-state index contributed by atoms with van der Waals surface area (Å²) in [5.41, 5.74) is -0.144. The Morgan fingerprint density at radius 2 is 0.930 bits per heavy atom. The summed E-state index contributed by atoms with van der Waals surface area (Å²) >= 11 is 0. The molecule has 11 aliphatic rings. The van der Waals surface area contributed by atoms with E-state index in [9.17, 15) is 86.8 Å². The van der Waals surface area contributed by atoms with Gasteiger partial charge in [0.25, 0.3) is 0 Å². The maximum Gasteiger partial charge on any atom is 0.187 e. The molecule has 8 unspecified atom stereocenters. The lowest BCUT2D eigenvalue weighted by Gasteiger charge is -2.62. The SMILES string of the molecule is C[C@@H]1CC[C@@]2(OC1)OC1CC3C4CCC5C[C@@H](O[C@@H]6O[C@H](CO)[C@H](O[C@@H]7O[C@H](CO)[C@@H](O)[C@H](O[C@@H]8O[C@H](CO)C(O)[C@H](O[C@@H]9O[C@H](CO)[C@@H](O)[C@H](O)[C@H]9O)C8O)[C@H]7O[C@@H]7O[C@H](CO)[C@@H](O)[C@H](O)[C@H]7O)[C@H](O)[C@H]6O)[C@H](O)C[C@]5(C)C4CC[C@]3(C)C1[C@@H]2C. The highest BCUT2D eigenvalue weighted by Gasteiger charge is 2.70. The van der Waals surface area contributed by atoms with Gasteiger partial charge in [0.1, 0.15) is 122 Å². The minimum atomic E-state index is -2.22. The highest BCUT2D eigenvalue weighted by atomic mass is 16.8. The second kappa shape index (κ2) is 26.0. The first kappa shape index (κ1) is 66.3. The maximum atomic E-state index is 12.1. The average molecular weight is 1240 g/mol. The number of aliphatic hydroxyl groups is 17. The molecule has 29 heteroatoms. The van der Waals surface area contributed by atoms with E-state index in [2.05, 4.69) is 27.7 Å². The van der Waals surface area contributed by atoms with Crippen molar-refractivity contribution in [3.05, 3.63) is 0 Å². The molecule has 4 aliphatic carbocycles. The molecule has 0 aromatic heterocycles. The first-order valence-electron chi connectivity index (χ1n) is 30.9. The van der Waals surface area contributed by atoms with Crippen LogP contribution in [0.25, 0.3) is 0 Å². The molecule has 0 radical (unpaired) electrons. The third-order valence-electron chi connectivity index (χ3n) is 22.5. The fraction of sp³-hybridized carbons (Fsp3) is 1.00. The molecule has 0 amide bonds. The normalized spacial score (nSPS) is 57.5. The zero-order chi connectivity index (χ0) is 61.8. The summed E-state index contributed by atoms with van der Waals surface area (Å²) in [6.45, 7) is 5.28. The lowest BCUT2D eigenvalue weighted by molar-refractivity contribution is -0.411. The number of hydrogen-bond acceptors (Lipinski definition) is 29. The Bertz CT molecular complexity index is 2230. The van der Waals surface area contributed by atoms with Gasteiger partial charge in [-0.05, 0) is 97.7 Å². The van der Waals surface area contributed by atoms with Crippen LogP contribution in [0, 0.1) is 52.3 Å². The van der Waals surface area contributed by atoms with Crippen molar-refractivity contribution in [1.82, 2.24) is 0 Å². The van der Waals surface area contributed by atoms with Crippen molar-refractivity contribution in [3.63, 3.8) is 0 Å². The molecular weight excluding hydrogens is 1150 g/mol. The van der Waals surface area contributed by atoms with Gasteiger partial charge in [-0.15, -0.1) is 0 Å². The van der Waals surface area contributed by atoms with Crippen LogP contribution in [0.1, 0.15) is 85.5 Å². The number of ether oxygens (including phenoxy) is 12. The fourth-order valence-electron chi connectivity index (χ4n) is 17.7. The van der Waals surface area contributed by atoms with E-state index in [0.29, 0.717) is 49.0 Å². The van der Waals surface area contributed by atoms with E-state index >= 15 is 0 Å². The standard InChI is InChI=1S/C57H94O29/c1-20-7-10-57(75-19-20)21(2)34-28(86-57)12-25-23-6-5-22-11-27(26(63)13-56(22,4)24(23)8-9-55(25,34)3)76-50-44(73)41(70)46(33(18-62)81-50)82-54-49(85-52-43(72)40(69)36(65)30(15-59)78-52)48(38(67)32(17-61)80-54)84-53-45(74)47(37(66)31(16-60)79-53)83-51-42(71)39(68)35(64)29(14-58)77-51/h20-54,58-74H,5-19H2,1-4H3/t20-,21+,22?,23?,24?,25?,26-,27-,28?,29-,30-,31-,32-,33-,34?,35-,36-,37?,38-,39+,40+,41-,42-,43-,44-,45?,46+,47+,48+,49-,50-,51+,52+,53+,54+,55+,56+,57-/m1/s1. The fourth-order valence-corrected chi connectivity index (χ4v) is 17.7. The second-order valence-electron chi connectivity index (χ2n) is 27.3. The van der Waals surface area contributed by atoms with Crippen molar-refractivity contribution in [1.29, 1.82) is 0 Å². The van der Waals surface area contributed by atoms with Gasteiger partial charge in [-0.2, -0.15) is 0 Å². The van der Waals surface area contributed by atoms with Crippen molar-refractivity contribution in [2.24, 2.45) is 52.3 Å². The number of hydrogen-bond donors (Lipinski definition) is 17.